The number of nitrogens with one attached hydrogen (secondary N) is 1. The van der Waals surface area contributed by atoms with Crippen LogP contribution in [0.4, 0.5) is 5.69 Å². The molecule has 0 heterocycles. The Bertz CT molecular complexity index is 650. The fourth-order valence-corrected chi connectivity index (χ4v) is 2.26. The Morgan fingerprint density at radius 1 is 1.29 bits per heavy atom. The first-order chi connectivity index (χ1) is 10.1. The van der Waals surface area contributed by atoms with E-state index in [0.717, 1.165) is 21.5 Å². The van der Waals surface area contributed by atoms with Crippen LogP contribution in [0.15, 0.2) is 46.9 Å². The summed E-state index contributed by atoms with van der Waals surface area (Å²) in [5.41, 5.74) is 2.19. The maximum Gasteiger partial charge on any atom is 0.121 e. The van der Waals surface area contributed by atoms with Crippen LogP contribution in [0.3, 0.4) is 0 Å². The molecule has 0 aromatic heterocycles. The molecule has 0 aliphatic carbocycles. The van der Waals surface area contributed by atoms with Gasteiger partial charge in [0.2, 0.25) is 0 Å². The number of hydrogen-bond donors (Lipinski definition) is 2. The standard InChI is InChI=1S/C16H15BrN2O2/c1-21-13-6-7-14(17)15(8-13)19-10-16(20)12-4-2-11(9-18)3-5-12/h2-8,16,19-20H,10H2,1H3. The third-order valence-corrected chi connectivity index (χ3v) is 3.78. The average Bonchev–Trinajstić information content (AvgIpc) is 2.54. The van der Waals surface area contributed by atoms with Crippen LogP contribution >= 0.6 is 15.9 Å². The van der Waals surface area contributed by atoms with E-state index < -0.39 is 6.10 Å². The molecule has 108 valence electrons. The van der Waals surface area contributed by atoms with Gasteiger partial charge in [0.05, 0.1) is 30.5 Å². The van der Waals surface area contributed by atoms with Gasteiger partial charge in [0.15, 0.2) is 0 Å². The monoisotopic (exact) mass is 346 g/mol. The number of benzene rings is 2. The zero-order valence-electron chi connectivity index (χ0n) is 11.5. The van der Waals surface area contributed by atoms with Crippen LogP contribution in [-0.2, 0) is 0 Å². The third kappa shape index (κ3) is 3.97. The van der Waals surface area contributed by atoms with E-state index in [4.69, 9.17) is 10.00 Å². The number of nitrogens with zero attached hydrogens (tertiary/aromatic N) is 1. The van der Waals surface area contributed by atoms with Gasteiger partial charge >= 0.3 is 0 Å². The predicted molar refractivity (Wildman–Crippen MR) is 85.3 cm³/mol. The molecule has 0 fully saturated rings. The Hall–Kier alpha value is -2.03. The second kappa shape index (κ2) is 7.11. The Morgan fingerprint density at radius 2 is 2.00 bits per heavy atom. The molecule has 1 atom stereocenters. The Labute approximate surface area is 132 Å². The van der Waals surface area contributed by atoms with Gasteiger partial charge in [-0.1, -0.05) is 12.1 Å². The third-order valence-electron chi connectivity index (χ3n) is 3.08. The minimum Gasteiger partial charge on any atom is -0.497 e. The molecular weight excluding hydrogens is 332 g/mol. The van der Waals surface area contributed by atoms with Crippen molar-refractivity contribution in [2.45, 2.75) is 6.10 Å². The summed E-state index contributed by atoms with van der Waals surface area (Å²) in [6, 6.07) is 14.5. The van der Waals surface area contributed by atoms with E-state index in [1.165, 1.54) is 0 Å². The molecule has 21 heavy (non-hydrogen) atoms. The smallest absolute Gasteiger partial charge is 0.121 e. The van der Waals surface area contributed by atoms with Gasteiger partial charge < -0.3 is 15.2 Å². The molecule has 2 aromatic rings. The predicted octanol–water partition coefficient (Wildman–Crippen LogP) is 3.47. The second-order valence-corrected chi connectivity index (χ2v) is 5.33. The highest BCUT2D eigenvalue weighted by Gasteiger charge is 2.09. The van der Waals surface area contributed by atoms with Crippen LogP contribution in [0.25, 0.3) is 0 Å². The van der Waals surface area contributed by atoms with Crippen LogP contribution in [0.1, 0.15) is 17.2 Å². The van der Waals surface area contributed by atoms with Crippen molar-refractivity contribution in [1.82, 2.24) is 0 Å². The summed E-state index contributed by atoms with van der Waals surface area (Å²) in [6.07, 6.45) is -0.657. The quantitative estimate of drug-likeness (QED) is 0.869. The Morgan fingerprint density at radius 3 is 2.62 bits per heavy atom. The lowest BCUT2D eigenvalue weighted by Crippen LogP contribution is -2.12. The molecular formula is C16H15BrN2O2. The maximum absolute atomic E-state index is 10.2. The summed E-state index contributed by atoms with van der Waals surface area (Å²) in [6.45, 7) is 0.359. The van der Waals surface area contributed by atoms with Gasteiger partial charge in [-0.05, 0) is 45.8 Å². The lowest BCUT2D eigenvalue weighted by molar-refractivity contribution is 0.191. The molecule has 0 radical (unpaired) electrons. The van der Waals surface area contributed by atoms with Gasteiger partial charge in [0, 0.05) is 17.1 Å². The zero-order chi connectivity index (χ0) is 15.2. The number of aliphatic hydroxyl groups is 1. The normalized spacial score (nSPS) is 11.5. The Balaban J connectivity index is 2.03. The molecule has 0 bridgehead atoms. The number of halogens is 1. The highest BCUT2D eigenvalue weighted by atomic mass is 79.9. The molecule has 2 aromatic carbocycles. The van der Waals surface area contributed by atoms with E-state index in [2.05, 4.69) is 27.3 Å². The number of ether oxygens (including phenoxy) is 1. The molecule has 2 rings (SSSR count). The highest BCUT2D eigenvalue weighted by Crippen LogP contribution is 2.27. The minimum atomic E-state index is -0.657. The van der Waals surface area contributed by atoms with Crippen molar-refractivity contribution in [2.24, 2.45) is 0 Å². The summed E-state index contributed by atoms with van der Waals surface area (Å²) >= 11 is 3.45. The topological polar surface area (TPSA) is 65.3 Å². The molecule has 0 amide bonds. The number of hydrogen-bond acceptors (Lipinski definition) is 4. The van der Waals surface area contributed by atoms with Crippen molar-refractivity contribution in [3.63, 3.8) is 0 Å². The van der Waals surface area contributed by atoms with Gasteiger partial charge in [-0.25, -0.2) is 0 Å². The summed E-state index contributed by atoms with van der Waals surface area (Å²) in [5, 5.41) is 22.1. The molecule has 4 nitrogen and oxygen atoms in total. The van der Waals surface area contributed by atoms with Gasteiger partial charge in [-0.15, -0.1) is 0 Å². The van der Waals surface area contributed by atoms with E-state index in [1.54, 1.807) is 31.4 Å². The van der Waals surface area contributed by atoms with Gasteiger partial charge in [-0.3, -0.25) is 0 Å². The number of rotatable bonds is 5. The summed E-state index contributed by atoms with van der Waals surface area (Å²) in [4.78, 5) is 0. The van der Waals surface area contributed by atoms with Gasteiger partial charge in [-0.2, -0.15) is 5.26 Å². The largest absolute Gasteiger partial charge is 0.497 e. The summed E-state index contributed by atoms with van der Waals surface area (Å²) in [7, 11) is 1.61. The number of aliphatic hydroxyl groups excluding tert-OH is 1. The van der Waals surface area contributed by atoms with Gasteiger partial charge in [0.25, 0.3) is 0 Å². The molecule has 0 saturated heterocycles. The first-order valence-electron chi connectivity index (χ1n) is 6.39. The summed E-state index contributed by atoms with van der Waals surface area (Å²) < 4.78 is 6.07. The van der Waals surface area contributed by atoms with E-state index in [9.17, 15) is 5.11 Å². The van der Waals surface area contributed by atoms with Crippen molar-refractivity contribution in [3.8, 4) is 11.8 Å². The van der Waals surface area contributed by atoms with Gasteiger partial charge in [0.1, 0.15) is 5.75 Å². The van der Waals surface area contributed by atoms with Crippen molar-refractivity contribution >= 4 is 21.6 Å². The lowest BCUT2D eigenvalue weighted by Gasteiger charge is -2.15. The first kappa shape index (κ1) is 15.4. The fourth-order valence-electron chi connectivity index (χ4n) is 1.87. The SMILES string of the molecule is COc1ccc(Br)c(NCC(O)c2ccc(C#N)cc2)c1. The van der Waals surface area contributed by atoms with Crippen LogP contribution in [0.5, 0.6) is 5.75 Å². The van der Waals surface area contributed by atoms with Crippen LogP contribution in [0, 0.1) is 11.3 Å². The van der Waals surface area contributed by atoms with Crippen LogP contribution in [0.2, 0.25) is 0 Å². The molecule has 0 spiro atoms. The van der Waals surface area contributed by atoms with Crippen molar-refractivity contribution in [3.05, 3.63) is 58.1 Å². The lowest BCUT2D eigenvalue weighted by atomic mass is 10.1. The van der Waals surface area contributed by atoms with Crippen molar-refractivity contribution < 1.29 is 9.84 Å². The molecule has 1 unspecified atom stereocenters. The van der Waals surface area contributed by atoms with Crippen LogP contribution < -0.4 is 10.1 Å². The molecule has 0 aliphatic heterocycles. The second-order valence-electron chi connectivity index (χ2n) is 4.48. The van der Waals surface area contributed by atoms with E-state index in [-0.39, 0.29) is 0 Å². The number of anilines is 1. The maximum atomic E-state index is 10.2. The van der Waals surface area contributed by atoms with E-state index >= 15 is 0 Å². The van der Waals surface area contributed by atoms with E-state index in [1.807, 2.05) is 18.2 Å². The molecule has 2 N–H and O–H groups in total. The average molecular weight is 347 g/mol. The minimum absolute atomic E-state index is 0.359. The Kier molecular flexibility index (Phi) is 5.20. The fraction of sp³-hybridized carbons (Fsp3) is 0.188. The first-order valence-corrected chi connectivity index (χ1v) is 7.19. The van der Waals surface area contributed by atoms with Crippen LogP contribution in [-0.4, -0.2) is 18.8 Å². The number of nitriles is 1. The van der Waals surface area contributed by atoms with Crippen molar-refractivity contribution in [1.29, 1.82) is 5.26 Å². The number of methoxy groups -OCH3 is 1. The van der Waals surface area contributed by atoms with Crippen molar-refractivity contribution in [2.75, 3.05) is 19.0 Å². The molecule has 0 saturated carbocycles. The molecule has 5 heteroatoms. The zero-order valence-corrected chi connectivity index (χ0v) is 13.1. The summed E-state index contributed by atoms with van der Waals surface area (Å²) in [5.74, 6) is 0.744. The highest BCUT2D eigenvalue weighted by molar-refractivity contribution is 9.10. The van der Waals surface area contributed by atoms with E-state index in [0.29, 0.717) is 12.1 Å². The molecule has 0 aliphatic rings.